The minimum Gasteiger partial charge on any atom is -0.461 e. The Bertz CT molecular complexity index is 549. The van der Waals surface area contributed by atoms with Crippen LogP contribution in [0.15, 0.2) is 29.0 Å². The first-order chi connectivity index (χ1) is 7.59. The van der Waals surface area contributed by atoms with Gasteiger partial charge in [-0.25, -0.2) is 4.98 Å². The van der Waals surface area contributed by atoms with Gasteiger partial charge < -0.3 is 10.2 Å². The highest BCUT2D eigenvalue weighted by atomic mass is 35.5. The van der Waals surface area contributed by atoms with Crippen LogP contribution in [0.5, 0.6) is 0 Å². The molecule has 0 aromatic carbocycles. The van der Waals surface area contributed by atoms with Crippen LogP contribution in [0.25, 0.3) is 0 Å². The largest absolute Gasteiger partial charge is 0.461 e. The molecule has 0 saturated carbocycles. The third kappa shape index (κ3) is 1.79. The molecule has 16 heavy (non-hydrogen) atoms. The lowest BCUT2D eigenvalue weighted by atomic mass is 10.1. The van der Waals surface area contributed by atoms with E-state index in [2.05, 4.69) is 4.98 Å². The van der Waals surface area contributed by atoms with Gasteiger partial charge in [-0.1, -0.05) is 11.6 Å². The van der Waals surface area contributed by atoms with Crippen molar-refractivity contribution in [1.29, 1.82) is 0 Å². The van der Waals surface area contributed by atoms with Crippen molar-refractivity contribution in [1.82, 2.24) is 4.98 Å². The minimum absolute atomic E-state index is 0.144. The number of furan rings is 1. The van der Waals surface area contributed by atoms with E-state index < -0.39 is 0 Å². The topological polar surface area (TPSA) is 69.1 Å². The van der Waals surface area contributed by atoms with E-state index in [9.17, 15) is 4.79 Å². The second-order valence-corrected chi connectivity index (χ2v) is 3.78. The first kappa shape index (κ1) is 10.7. The molecule has 2 aromatic heterocycles. The smallest absolute Gasteiger partial charge is 0.232 e. The molecule has 82 valence electrons. The van der Waals surface area contributed by atoms with Gasteiger partial charge >= 0.3 is 0 Å². The van der Waals surface area contributed by atoms with E-state index >= 15 is 0 Å². The fraction of sp³-hybridized carbons (Fsp3) is 0.0909. The summed E-state index contributed by atoms with van der Waals surface area (Å²) in [4.78, 5) is 15.9. The first-order valence-electron chi connectivity index (χ1n) is 4.59. The number of nitrogens with two attached hydrogens (primary N) is 1. The van der Waals surface area contributed by atoms with E-state index in [4.69, 9.17) is 21.8 Å². The summed E-state index contributed by atoms with van der Waals surface area (Å²) in [6, 6.07) is 3.19. The second-order valence-electron chi connectivity index (χ2n) is 3.35. The number of aryl methyl sites for hydroxylation is 1. The highest BCUT2D eigenvalue weighted by Gasteiger charge is 2.18. The number of nitrogen functional groups attached to an aromatic ring is 1. The summed E-state index contributed by atoms with van der Waals surface area (Å²) in [5, 5.41) is 0.363. The number of hydrogen-bond acceptors (Lipinski definition) is 4. The van der Waals surface area contributed by atoms with Crippen molar-refractivity contribution in [3.63, 3.8) is 0 Å². The lowest BCUT2D eigenvalue weighted by Crippen LogP contribution is -2.07. The number of rotatable bonds is 2. The Hall–Kier alpha value is -1.81. The van der Waals surface area contributed by atoms with Crippen LogP contribution in [0.3, 0.4) is 0 Å². The van der Waals surface area contributed by atoms with E-state index in [0.29, 0.717) is 5.02 Å². The summed E-state index contributed by atoms with van der Waals surface area (Å²) in [5.74, 6) is 0.0935. The molecule has 0 radical (unpaired) electrons. The van der Waals surface area contributed by atoms with Crippen LogP contribution in [0, 0.1) is 6.92 Å². The quantitative estimate of drug-likeness (QED) is 0.814. The lowest BCUT2D eigenvalue weighted by Gasteiger charge is -2.02. The number of pyridine rings is 1. The Morgan fingerprint density at radius 1 is 1.56 bits per heavy atom. The summed E-state index contributed by atoms with van der Waals surface area (Å²) in [5.41, 5.74) is 6.62. The van der Waals surface area contributed by atoms with Crippen molar-refractivity contribution in [2.75, 3.05) is 5.73 Å². The normalized spacial score (nSPS) is 10.4. The molecular formula is C11H9ClN2O2. The zero-order chi connectivity index (χ0) is 11.7. The first-order valence-corrected chi connectivity index (χ1v) is 4.97. The fourth-order valence-corrected chi connectivity index (χ4v) is 1.52. The Morgan fingerprint density at radius 3 is 2.94 bits per heavy atom. The van der Waals surface area contributed by atoms with Crippen molar-refractivity contribution in [3.8, 4) is 0 Å². The summed E-state index contributed by atoms with van der Waals surface area (Å²) < 4.78 is 5.10. The van der Waals surface area contributed by atoms with Crippen LogP contribution in [0.4, 0.5) is 5.82 Å². The van der Waals surface area contributed by atoms with Gasteiger partial charge in [-0.15, -0.1) is 0 Å². The molecule has 2 aromatic rings. The number of halogens is 1. The van der Waals surface area contributed by atoms with Crippen molar-refractivity contribution in [2.24, 2.45) is 0 Å². The monoisotopic (exact) mass is 236 g/mol. The predicted molar refractivity (Wildman–Crippen MR) is 60.5 cm³/mol. The highest BCUT2D eigenvalue weighted by molar-refractivity contribution is 6.31. The number of anilines is 1. The third-order valence-electron chi connectivity index (χ3n) is 2.20. The molecule has 5 heteroatoms. The number of carbonyl (C=O) groups is 1. The van der Waals surface area contributed by atoms with Gasteiger partial charge in [0.25, 0.3) is 0 Å². The SMILES string of the molecule is Cc1ccoc1C(=O)c1cc(Cl)cnc1N. The molecule has 0 fully saturated rings. The minimum atomic E-state index is -0.310. The van der Waals surface area contributed by atoms with Gasteiger partial charge in [0.2, 0.25) is 5.78 Å². The molecule has 0 bridgehead atoms. The Kier molecular flexibility index (Phi) is 2.66. The maximum absolute atomic E-state index is 12.0. The van der Waals surface area contributed by atoms with Crippen LogP contribution < -0.4 is 5.73 Å². The highest BCUT2D eigenvalue weighted by Crippen LogP contribution is 2.20. The number of hydrogen-bond donors (Lipinski definition) is 1. The van der Waals surface area contributed by atoms with Crippen LogP contribution in [0.1, 0.15) is 21.7 Å². The van der Waals surface area contributed by atoms with Crippen molar-refractivity contribution >= 4 is 23.2 Å². The molecule has 0 unspecified atom stereocenters. The van der Waals surface area contributed by atoms with Crippen molar-refractivity contribution in [2.45, 2.75) is 6.92 Å². The van der Waals surface area contributed by atoms with Gasteiger partial charge in [0, 0.05) is 6.20 Å². The van der Waals surface area contributed by atoms with Crippen molar-refractivity contribution < 1.29 is 9.21 Å². The maximum Gasteiger partial charge on any atom is 0.232 e. The van der Waals surface area contributed by atoms with Crippen LogP contribution in [-0.2, 0) is 0 Å². The number of ketones is 1. The molecule has 0 amide bonds. The summed E-state index contributed by atoms with van der Waals surface area (Å²) in [6.45, 7) is 1.78. The van der Waals surface area contributed by atoms with E-state index in [1.807, 2.05) is 0 Å². The molecule has 0 aliphatic carbocycles. The summed E-state index contributed by atoms with van der Waals surface area (Å²) >= 11 is 5.76. The van der Waals surface area contributed by atoms with Gasteiger partial charge in [-0.2, -0.15) is 0 Å². The third-order valence-corrected chi connectivity index (χ3v) is 2.40. The molecule has 2 N–H and O–H groups in total. The van der Waals surface area contributed by atoms with E-state index in [-0.39, 0.29) is 22.9 Å². The second kappa shape index (κ2) is 3.98. The Labute approximate surface area is 97.0 Å². The zero-order valence-corrected chi connectivity index (χ0v) is 9.28. The van der Waals surface area contributed by atoms with E-state index in [1.54, 1.807) is 13.0 Å². The van der Waals surface area contributed by atoms with Crippen molar-refractivity contribution in [3.05, 3.63) is 46.5 Å². The molecule has 0 aliphatic heterocycles. The summed E-state index contributed by atoms with van der Waals surface area (Å²) in [6.07, 6.45) is 2.85. The average molecular weight is 237 g/mol. The average Bonchev–Trinajstić information content (AvgIpc) is 2.67. The van der Waals surface area contributed by atoms with E-state index in [0.717, 1.165) is 5.56 Å². The molecule has 0 saturated heterocycles. The standard InChI is InChI=1S/C11H9ClN2O2/c1-6-2-3-16-10(6)9(15)8-4-7(12)5-14-11(8)13/h2-5H,1H3,(H2,13,14). The van der Waals surface area contributed by atoms with Gasteiger partial charge in [0.05, 0.1) is 16.8 Å². The molecular weight excluding hydrogens is 228 g/mol. The van der Waals surface area contributed by atoms with Gasteiger partial charge in [0.1, 0.15) is 5.82 Å². The van der Waals surface area contributed by atoms with Gasteiger partial charge in [-0.3, -0.25) is 4.79 Å². The molecule has 0 spiro atoms. The predicted octanol–water partition coefficient (Wildman–Crippen LogP) is 2.45. The number of aromatic nitrogens is 1. The lowest BCUT2D eigenvalue weighted by molar-refractivity contribution is 0.101. The zero-order valence-electron chi connectivity index (χ0n) is 8.53. The molecule has 0 aliphatic rings. The fourth-order valence-electron chi connectivity index (χ4n) is 1.36. The molecule has 4 nitrogen and oxygen atoms in total. The van der Waals surface area contributed by atoms with E-state index in [1.165, 1.54) is 18.5 Å². The van der Waals surface area contributed by atoms with Crippen LogP contribution >= 0.6 is 11.6 Å². The molecule has 0 atom stereocenters. The molecule has 2 rings (SSSR count). The number of nitrogens with zero attached hydrogens (tertiary/aromatic N) is 1. The van der Waals surface area contributed by atoms with Gasteiger partial charge in [-0.05, 0) is 24.6 Å². The summed E-state index contributed by atoms with van der Waals surface area (Å²) in [7, 11) is 0. The van der Waals surface area contributed by atoms with Gasteiger partial charge in [0.15, 0.2) is 5.76 Å². The Morgan fingerprint density at radius 2 is 2.31 bits per heavy atom. The number of carbonyl (C=O) groups excluding carboxylic acids is 1. The maximum atomic E-state index is 12.0. The van der Waals surface area contributed by atoms with Crippen LogP contribution in [0.2, 0.25) is 5.02 Å². The molecule has 2 heterocycles. The van der Waals surface area contributed by atoms with Crippen LogP contribution in [-0.4, -0.2) is 10.8 Å². The Balaban J connectivity index is 2.49.